The molecule has 4 heteroatoms. The van der Waals surface area contributed by atoms with Gasteiger partial charge in [-0.2, -0.15) is 0 Å². The summed E-state index contributed by atoms with van der Waals surface area (Å²) < 4.78 is 5.52. The van der Waals surface area contributed by atoms with Gasteiger partial charge in [-0.1, -0.05) is 30.3 Å². The molecule has 0 aromatic heterocycles. The summed E-state index contributed by atoms with van der Waals surface area (Å²) in [4.78, 5) is 2.18. The Hall–Kier alpha value is -0.940. The van der Waals surface area contributed by atoms with Crippen LogP contribution in [0.3, 0.4) is 0 Å². The fourth-order valence-electron chi connectivity index (χ4n) is 2.49. The van der Waals surface area contributed by atoms with E-state index in [0.29, 0.717) is 19.7 Å². The summed E-state index contributed by atoms with van der Waals surface area (Å²) in [5.74, 6) is 0. The molecule has 1 aliphatic heterocycles. The van der Waals surface area contributed by atoms with Crippen LogP contribution in [0.1, 0.15) is 19.4 Å². The lowest BCUT2D eigenvalue weighted by Crippen LogP contribution is -2.53. The Morgan fingerprint density at radius 3 is 2.68 bits per heavy atom. The Kier molecular flexibility index (Phi) is 4.58. The number of morpholine rings is 1. The van der Waals surface area contributed by atoms with Crippen LogP contribution in [-0.4, -0.2) is 53.6 Å². The second-order valence-electron chi connectivity index (χ2n) is 5.56. The minimum Gasteiger partial charge on any atom is -0.394 e. The molecule has 19 heavy (non-hydrogen) atoms. The molecule has 3 atom stereocenters. The molecular weight excluding hydrogens is 242 g/mol. The number of nitrogens with zero attached hydrogens (tertiary/aromatic N) is 1. The summed E-state index contributed by atoms with van der Waals surface area (Å²) in [5.41, 5.74) is 0.0154. The first-order chi connectivity index (χ1) is 9.03. The SMILES string of the molecule is CC1COC(CO)CN1CC(C)(O)c1ccccc1. The fourth-order valence-corrected chi connectivity index (χ4v) is 2.49. The highest BCUT2D eigenvalue weighted by atomic mass is 16.5. The van der Waals surface area contributed by atoms with E-state index < -0.39 is 5.60 Å². The Morgan fingerprint density at radius 1 is 1.37 bits per heavy atom. The van der Waals surface area contributed by atoms with Crippen LogP contribution >= 0.6 is 0 Å². The Labute approximate surface area is 114 Å². The van der Waals surface area contributed by atoms with Crippen LogP contribution in [0.4, 0.5) is 0 Å². The Morgan fingerprint density at radius 2 is 2.05 bits per heavy atom. The predicted molar refractivity (Wildman–Crippen MR) is 73.9 cm³/mol. The van der Waals surface area contributed by atoms with E-state index in [1.54, 1.807) is 0 Å². The Balaban J connectivity index is 2.06. The maximum atomic E-state index is 10.7. The van der Waals surface area contributed by atoms with Crippen LogP contribution in [0.5, 0.6) is 0 Å². The third-order valence-electron chi connectivity index (χ3n) is 3.74. The van der Waals surface area contributed by atoms with Crippen molar-refractivity contribution in [1.82, 2.24) is 4.90 Å². The van der Waals surface area contributed by atoms with Gasteiger partial charge in [0.2, 0.25) is 0 Å². The topological polar surface area (TPSA) is 52.9 Å². The van der Waals surface area contributed by atoms with E-state index >= 15 is 0 Å². The van der Waals surface area contributed by atoms with Gasteiger partial charge in [0.05, 0.1) is 24.9 Å². The fraction of sp³-hybridized carbons (Fsp3) is 0.600. The molecule has 3 unspecified atom stereocenters. The van der Waals surface area contributed by atoms with Crippen LogP contribution in [0.15, 0.2) is 30.3 Å². The highest BCUT2D eigenvalue weighted by molar-refractivity contribution is 5.21. The molecule has 0 amide bonds. The zero-order chi connectivity index (χ0) is 13.9. The Bertz CT molecular complexity index is 394. The quantitative estimate of drug-likeness (QED) is 0.852. The van der Waals surface area contributed by atoms with Gasteiger partial charge in [-0.3, -0.25) is 4.90 Å². The molecule has 1 aliphatic rings. The highest BCUT2D eigenvalue weighted by Crippen LogP contribution is 2.24. The van der Waals surface area contributed by atoms with Crippen molar-refractivity contribution in [3.05, 3.63) is 35.9 Å². The van der Waals surface area contributed by atoms with Gasteiger partial charge in [-0.15, -0.1) is 0 Å². The van der Waals surface area contributed by atoms with Crippen LogP contribution in [0, 0.1) is 0 Å². The van der Waals surface area contributed by atoms with Gasteiger partial charge in [0.1, 0.15) is 0 Å². The first-order valence-corrected chi connectivity index (χ1v) is 6.77. The van der Waals surface area contributed by atoms with Crippen LogP contribution < -0.4 is 0 Å². The maximum Gasteiger partial charge on any atom is 0.0994 e. The molecule has 1 heterocycles. The van der Waals surface area contributed by atoms with Crippen molar-refractivity contribution in [3.63, 3.8) is 0 Å². The van der Waals surface area contributed by atoms with Crippen molar-refractivity contribution in [3.8, 4) is 0 Å². The van der Waals surface area contributed by atoms with Crippen molar-refractivity contribution in [2.45, 2.75) is 31.6 Å². The van der Waals surface area contributed by atoms with Crippen molar-refractivity contribution < 1.29 is 14.9 Å². The van der Waals surface area contributed by atoms with Crippen molar-refractivity contribution >= 4 is 0 Å². The summed E-state index contributed by atoms with van der Waals surface area (Å²) in [7, 11) is 0. The number of hydrogen-bond donors (Lipinski definition) is 2. The second-order valence-corrected chi connectivity index (χ2v) is 5.56. The van der Waals surface area contributed by atoms with Crippen LogP contribution in [0.2, 0.25) is 0 Å². The molecule has 2 N–H and O–H groups in total. The largest absolute Gasteiger partial charge is 0.394 e. The zero-order valence-corrected chi connectivity index (χ0v) is 11.6. The normalized spacial score (nSPS) is 28.0. The summed E-state index contributed by atoms with van der Waals surface area (Å²) in [5, 5.41) is 19.9. The van der Waals surface area contributed by atoms with E-state index in [-0.39, 0.29) is 18.8 Å². The smallest absolute Gasteiger partial charge is 0.0994 e. The predicted octanol–water partition coefficient (Wildman–Crippen LogP) is 0.976. The maximum absolute atomic E-state index is 10.7. The van der Waals surface area contributed by atoms with E-state index in [4.69, 9.17) is 4.74 Å². The van der Waals surface area contributed by atoms with Gasteiger partial charge in [-0.25, -0.2) is 0 Å². The summed E-state index contributed by atoms with van der Waals surface area (Å²) in [6, 6.07) is 9.94. The van der Waals surface area contributed by atoms with Gasteiger partial charge in [-0.05, 0) is 19.4 Å². The molecule has 0 saturated carbocycles. The molecule has 0 aliphatic carbocycles. The number of benzene rings is 1. The molecule has 106 valence electrons. The number of ether oxygens (including phenoxy) is 1. The molecule has 0 spiro atoms. The van der Waals surface area contributed by atoms with Crippen LogP contribution in [-0.2, 0) is 10.3 Å². The van der Waals surface area contributed by atoms with Crippen molar-refractivity contribution in [1.29, 1.82) is 0 Å². The third-order valence-corrected chi connectivity index (χ3v) is 3.74. The minimum absolute atomic E-state index is 0.0245. The highest BCUT2D eigenvalue weighted by Gasteiger charge is 2.32. The molecule has 1 aromatic rings. The average Bonchev–Trinajstić information content (AvgIpc) is 2.42. The zero-order valence-electron chi connectivity index (χ0n) is 11.6. The van der Waals surface area contributed by atoms with E-state index in [1.807, 2.05) is 37.3 Å². The first-order valence-electron chi connectivity index (χ1n) is 6.77. The molecule has 1 saturated heterocycles. The van der Waals surface area contributed by atoms with E-state index in [9.17, 15) is 10.2 Å². The number of rotatable bonds is 4. The van der Waals surface area contributed by atoms with Crippen LogP contribution in [0.25, 0.3) is 0 Å². The van der Waals surface area contributed by atoms with Gasteiger partial charge in [0.25, 0.3) is 0 Å². The number of aliphatic hydroxyl groups is 2. The van der Waals surface area contributed by atoms with Crippen molar-refractivity contribution in [2.24, 2.45) is 0 Å². The standard InChI is InChI=1S/C15H23NO3/c1-12-10-19-14(9-17)8-16(12)11-15(2,18)13-6-4-3-5-7-13/h3-7,12,14,17-18H,8-11H2,1-2H3. The number of hydrogen-bond acceptors (Lipinski definition) is 4. The molecule has 4 nitrogen and oxygen atoms in total. The summed E-state index contributed by atoms with van der Waals surface area (Å²) in [6.45, 7) is 5.72. The minimum atomic E-state index is -0.896. The molecule has 2 rings (SSSR count). The van der Waals surface area contributed by atoms with Gasteiger partial charge in [0, 0.05) is 19.1 Å². The molecular formula is C15H23NO3. The first kappa shape index (κ1) is 14.5. The average molecular weight is 265 g/mol. The van der Waals surface area contributed by atoms with E-state index in [1.165, 1.54) is 0 Å². The lowest BCUT2D eigenvalue weighted by Gasteiger charge is -2.41. The summed E-state index contributed by atoms with van der Waals surface area (Å²) in [6.07, 6.45) is -0.150. The number of aliphatic hydroxyl groups excluding tert-OH is 1. The van der Waals surface area contributed by atoms with Gasteiger partial charge >= 0.3 is 0 Å². The lowest BCUT2D eigenvalue weighted by molar-refractivity contribution is -0.100. The van der Waals surface area contributed by atoms with Gasteiger partial charge < -0.3 is 14.9 Å². The molecule has 0 radical (unpaired) electrons. The van der Waals surface area contributed by atoms with E-state index in [2.05, 4.69) is 11.8 Å². The molecule has 1 aromatic carbocycles. The number of β-amino-alcohol motifs (C(OH)–C–C–N with tert-alkyl or cyclic N) is 1. The summed E-state index contributed by atoms with van der Waals surface area (Å²) >= 11 is 0. The lowest BCUT2D eigenvalue weighted by atomic mass is 9.94. The third kappa shape index (κ3) is 3.54. The van der Waals surface area contributed by atoms with E-state index in [0.717, 1.165) is 5.56 Å². The van der Waals surface area contributed by atoms with Gasteiger partial charge in [0.15, 0.2) is 0 Å². The molecule has 0 bridgehead atoms. The molecule has 1 fully saturated rings. The monoisotopic (exact) mass is 265 g/mol. The second kappa shape index (κ2) is 6.01. The van der Waals surface area contributed by atoms with Crippen molar-refractivity contribution in [2.75, 3.05) is 26.3 Å².